The number of sulfone groups is 1. The van der Waals surface area contributed by atoms with Gasteiger partial charge in [-0.3, -0.25) is 4.79 Å². The SMILES string of the molecule is CC[C@H](C)C(=O)N=C1S[C@@H]2CS(=O)(=O)C[C@H]2N1c1cccc(Br)c1. The summed E-state index contributed by atoms with van der Waals surface area (Å²) in [6.07, 6.45) is 0.735. The second kappa shape index (κ2) is 6.80. The molecule has 2 fully saturated rings. The number of anilines is 1. The van der Waals surface area contributed by atoms with Gasteiger partial charge in [-0.1, -0.05) is 47.6 Å². The van der Waals surface area contributed by atoms with Crippen molar-refractivity contribution in [3.63, 3.8) is 0 Å². The van der Waals surface area contributed by atoms with E-state index in [1.54, 1.807) is 0 Å². The zero-order valence-electron chi connectivity index (χ0n) is 13.5. The second-order valence-corrected chi connectivity index (χ2v) is 10.5. The molecule has 2 aliphatic heterocycles. The Morgan fingerprint density at radius 2 is 2.21 bits per heavy atom. The number of carbonyl (C=O) groups is 1. The molecule has 3 atom stereocenters. The number of hydrogen-bond donors (Lipinski definition) is 0. The first-order valence-corrected chi connectivity index (χ1v) is 11.3. The molecule has 130 valence electrons. The number of thioether (sulfide) groups is 1. The number of amidine groups is 1. The smallest absolute Gasteiger partial charge is 0.250 e. The van der Waals surface area contributed by atoms with E-state index in [2.05, 4.69) is 20.9 Å². The van der Waals surface area contributed by atoms with Crippen LogP contribution in [0.2, 0.25) is 0 Å². The Morgan fingerprint density at radius 3 is 2.88 bits per heavy atom. The van der Waals surface area contributed by atoms with Gasteiger partial charge >= 0.3 is 0 Å². The van der Waals surface area contributed by atoms with Crippen molar-refractivity contribution in [3.8, 4) is 0 Å². The van der Waals surface area contributed by atoms with Gasteiger partial charge in [0, 0.05) is 21.3 Å². The Bertz CT molecular complexity index is 794. The van der Waals surface area contributed by atoms with E-state index in [9.17, 15) is 13.2 Å². The number of amides is 1. The van der Waals surface area contributed by atoms with Gasteiger partial charge in [0.2, 0.25) is 0 Å². The predicted molar refractivity (Wildman–Crippen MR) is 102 cm³/mol. The Balaban J connectivity index is 2.00. The minimum absolute atomic E-state index is 0.0718. The molecule has 0 unspecified atom stereocenters. The summed E-state index contributed by atoms with van der Waals surface area (Å²) >= 11 is 4.86. The lowest BCUT2D eigenvalue weighted by Crippen LogP contribution is -2.37. The molecule has 0 spiro atoms. The lowest BCUT2D eigenvalue weighted by molar-refractivity contribution is -0.121. The van der Waals surface area contributed by atoms with E-state index in [0.717, 1.165) is 16.6 Å². The maximum atomic E-state index is 12.3. The highest BCUT2D eigenvalue weighted by atomic mass is 79.9. The number of carbonyl (C=O) groups excluding carboxylic acids is 1. The number of hydrogen-bond acceptors (Lipinski definition) is 4. The van der Waals surface area contributed by atoms with Crippen LogP contribution >= 0.6 is 27.7 Å². The monoisotopic (exact) mass is 430 g/mol. The highest BCUT2D eigenvalue weighted by Gasteiger charge is 2.49. The number of nitrogens with zero attached hydrogens (tertiary/aromatic N) is 2. The summed E-state index contributed by atoms with van der Waals surface area (Å²) in [5.74, 6) is -0.0358. The van der Waals surface area contributed by atoms with Gasteiger partial charge in [-0.25, -0.2) is 8.42 Å². The van der Waals surface area contributed by atoms with E-state index in [-0.39, 0.29) is 34.6 Å². The van der Waals surface area contributed by atoms with E-state index in [4.69, 9.17) is 0 Å². The molecule has 2 heterocycles. The Labute approximate surface area is 155 Å². The lowest BCUT2D eigenvalue weighted by Gasteiger charge is -2.24. The first kappa shape index (κ1) is 17.9. The molecule has 24 heavy (non-hydrogen) atoms. The number of rotatable bonds is 3. The number of fused-ring (bicyclic) bond motifs is 1. The molecular formula is C16H19BrN2O3S2. The molecule has 1 aromatic rings. The van der Waals surface area contributed by atoms with Crippen LogP contribution in [-0.2, 0) is 14.6 Å². The van der Waals surface area contributed by atoms with E-state index in [1.165, 1.54) is 11.8 Å². The Hall–Kier alpha value is -0.860. The molecule has 1 aromatic carbocycles. The van der Waals surface area contributed by atoms with Crippen LogP contribution in [0.5, 0.6) is 0 Å². The Morgan fingerprint density at radius 1 is 1.46 bits per heavy atom. The molecule has 0 saturated carbocycles. The Kier molecular flexibility index (Phi) is 5.09. The normalized spacial score (nSPS) is 28.1. The standard InChI is InChI=1S/C16H19BrN2O3S2/c1-3-10(2)15(20)18-16-19(12-6-4-5-11(17)7-12)13-8-24(21,22)9-14(13)23-16/h4-7,10,13-14H,3,8-9H2,1-2H3/t10-,13+,14+/m0/s1. The van der Waals surface area contributed by atoms with Crippen LogP contribution in [-0.4, -0.2) is 42.3 Å². The van der Waals surface area contributed by atoms with Gasteiger partial charge in [-0.05, 0) is 24.6 Å². The molecular weight excluding hydrogens is 412 g/mol. The van der Waals surface area contributed by atoms with E-state index < -0.39 is 9.84 Å². The predicted octanol–water partition coefficient (Wildman–Crippen LogP) is 3.10. The summed E-state index contributed by atoms with van der Waals surface area (Å²) in [6.45, 7) is 3.82. The summed E-state index contributed by atoms with van der Waals surface area (Å²) in [5, 5.41) is 0.542. The van der Waals surface area contributed by atoms with Crippen molar-refractivity contribution in [2.75, 3.05) is 16.4 Å². The van der Waals surface area contributed by atoms with Crippen molar-refractivity contribution in [2.45, 2.75) is 31.6 Å². The summed E-state index contributed by atoms with van der Waals surface area (Å²) in [4.78, 5) is 18.5. The van der Waals surface area contributed by atoms with Crippen molar-refractivity contribution in [1.82, 2.24) is 0 Å². The minimum atomic E-state index is -3.04. The molecule has 0 radical (unpaired) electrons. The number of benzene rings is 1. The number of halogens is 1. The molecule has 0 aliphatic carbocycles. The first-order chi connectivity index (χ1) is 11.3. The van der Waals surface area contributed by atoms with Crippen LogP contribution in [0, 0.1) is 5.92 Å². The minimum Gasteiger partial charge on any atom is -0.316 e. The van der Waals surface area contributed by atoms with Gasteiger partial charge in [0.25, 0.3) is 5.91 Å². The van der Waals surface area contributed by atoms with Crippen LogP contribution in [0.3, 0.4) is 0 Å². The van der Waals surface area contributed by atoms with Gasteiger partial charge < -0.3 is 4.90 Å². The molecule has 0 bridgehead atoms. The van der Waals surface area contributed by atoms with Gasteiger partial charge in [0.05, 0.1) is 17.5 Å². The number of aliphatic imine (C=N–C) groups is 1. The average Bonchev–Trinajstić information content (AvgIpc) is 2.97. The van der Waals surface area contributed by atoms with Gasteiger partial charge in [0.1, 0.15) is 0 Å². The highest BCUT2D eigenvalue weighted by Crippen LogP contribution is 2.41. The fraction of sp³-hybridized carbons (Fsp3) is 0.500. The van der Waals surface area contributed by atoms with Crippen molar-refractivity contribution in [3.05, 3.63) is 28.7 Å². The largest absolute Gasteiger partial charge is 0.316 e. The van der Waals surface area contributed by atoms with Crippen LogP contribution in [0.4, 0.5) is 5.69 Å². The highest BCUT2D eigenvalue weighted by molar-refractivity contribution is 9.10. The molecule has 2 aliphatic rings. The van der Waals surface area contributed by atoms with Gasteiger partial charge in [-0.2, -0.15) is 4.99 Å². The second-order valence-electron chi connectivity index (χ2n) is 6.19. The molecule has 8 heteroatoms. The van der Waals surface area contributed by atoms with Crippen molar-refractivity contribution >= 4 is 54.3 Å². The topological polar surface area (TPSA) is 66.8 Å². The summed E-state index contributed by atoms with van der Waals surface area (Å²) in [7, 11) is -3.04. The molecule has 0 aromatic heterocycles. The van der Waals surface area contributed by atoms with Crippen LogP contribution in [0.25, 0.3) is 0 Å². The van der Waals surface area contributed by atoms with Crippen molar-refractivity contribution in [1.29, 1.82) is 0 Å². The van der Waals surface area contributed by atoms with Crippen molar-refractivity contribution in [2.24, 2.45) is 10.9 Å². The third-order valence-electron chi connectivity index (χ3n) is 4.39. The maximum Gasteiger partial charge on any atom is 0.250 e. The molecule has 5 nitrogen and oxygen atoms in total. The van der Waals surface area contributed by atoms with Crippen LogP contribution in [0.1, 0.15) is 20.3 Å². The maximum absolute atomic E-state index is 12.3. The summed E-state index contributed by atoms with van der Waals surface area (Å²) in [5.41, 5.74) is 0.858. The van der Waals surface area contributed by atoms with E-state index in [0.29, 0.717) is 5.17 Å². The van der Waals surface area contributed by atoms with Gasteiger partial charge in [-0.15, -0.1) is 0 Å². The zero-order chi connectivity index (χ0) is 17.5. The van der Waals surface area contributed by atoms with Crippen LogP contribution < -0.4 is 4.90 Å². The zero-order valence-corrected chi connectivity index (χ0v) is 16.7. The molecule has 3 rings (SSSR count). The third kappa shape index (κ3) is 3.55. The molecule has 0 N–H and O–H groups in total. The molecule has 2 saturated heterocycles. The van der Waals surface area contributed by atoms with Gasteiger partial charge in [0.15, 0.2) is 15.0 Å². The summed E-state index contributed by atoms with van der Waals surface area (Å²) < 4.78 is 24.9. The quantitative estimate of drug-likeness (QED) is 0.736. The van der Waals surface area contributed by atoms with Crippen LogP contribution in [0.15, 0.2) is 33.7 Å². The molecule has 1 amide bonds. The first-order valence-electron chi connectivity index (χ1n) is 7.85. The van der Waals surface area contributed by atoms with E-state index in [1.807, 2.05) is 43.0 Å². The summed E-state index contributed by atoms with van der Waals surface area (Å²) in [6, 6.07) is 7.49. The lowest BCUT2D eigenvalue weighted by atomic mass is 10.1. The fourth-order valence-corrected chi connectivity index (χ4v) is 7.18. The third-order valence-corrected chi connectivity index (χ3v) is 8.10. The van der Waals surface area contributed by atoms with Crippen molar-refractivity contribution < 1.29 is 13.2 Å². The van der Waals surface area contributed by atoms with E-state index >= 15 is 0 Å². The fourth-order valence-electron chi connectivity index (χ4n) is 2.87. The average molecular weight is 431 g/mol.